The molecule has 0 saturated heterocycles. The van der Waals surface area contributed by atoms with Gasteiger partial charge in [0.25, 0.3) is 0 Å². The summed E-state index contributed by atoms with van der Waals surface area (Å²) in [6.07, 6.45) is -0.432. The second-order valence-electron chi connectivity index (χ2n) is 8.02. The number of carbonyl (C=O) groups is 2. The summed E-state index contributed by atoms with van der Waals surface area (Å²) < 4.78 is 11.2. The Morgan fingerprint density at radius 2 is 1.81 bits per heavy atom. The fourth-order valence-corrected chi connectivity index (χ4v) is 3.59. The monoisotopic (exact) mass is 431 g/mol. The first-order valence-corrected chi connectivity index (χ1v) is 10.5. The third-order valence-electron chi connectivity index (χ3n) is 5.63. The van der Waals surface area contributed by atoms with Crippen molar-refractivity contribution in [2.45, 2.75) is 32.9 Å². The number of ether oxygens (including phenoxy) is 2. The van der Waals surface area contributed by atoms with E-state index >= 15 is 0 Å². The predicted molar refractivity (Wildman–Crippen MR) is 120 cm³/mol. The van der Waals surface area contributed by atoms with Gasteiger partial charge in [-0.15, -0.1) is 0 Å². The van der Waals surface area contributed by atoms with Gasteiger partial charge in [0.1, 0.15) is 12.4 Å². The van der Waals surface area contributed by atoms with E-state index in [1.807, 2.05) is 73.7 Å². The molecule has 6 heteroatoms. The van der Waals surface area contributed by atoms with Crippen molar-refractivity contribution in [3.63, 3.8) is 0 Å². The third kappa shape index (κ3) is 4.75. The molecule has 0 fully saturated rings. The Hall–Kier alpha value is -3.80. The Morgan fingerprint density at radius 3 is 2.56 bits per heavy atom. The van der Waals surface area contributed by atoms with Gasteiger partial charge in [-0.1, -0.05) is 60.2 Å². The molecule has 0 aromatic heterocycles. The van der Waals surface area contributed by atoms with Crippen molar-refractivity contribution >= 4 is 12.1 Å². The Balaban J connectivity index is 1.47. The van der Waals surface area contributed by atoms with Crippen LogP contribution in [0.5, 0.6) is 5.75 Å². The normalized spacial score (nSPS) is 13.6. The first-order valence-electron chi connectivity index (χ1n) is 10.5. The molecule has 6 nitrogen and oxygen atoms in total. The van der Waals surface area contributed by atoms with Gasteiger partial charge in [-0.3, -0.25) is 9.69 Å². The average Bonchev–Trinajstić information content (AvgIpc) is 2.82. The maximum absolute atomic E-state index is 12.6. The molecule has 0 aliphatic carbocycles. The molecule has 1 aliphatic heterocycles. The molecule has 1 N–H and O–H groups in total. The Labute approximate surface area is 187 Å². The lowest BCUT2D eigenvalue weighted by molar-refractivity contribution is -0.138. The lowest BCUT2D eigenvalue weighted by Gasteiger charge is -2.28. The summed E-state index contributed by atoms with van der Waals surface area (Å²) in [6, 6.07) is 21.1. The molecule has 0 spiro atoms. The minimum atomic E-state index is -0.860. The van der Waals surface area contributed by atoms with Crippen molar-refractivity contribution < 1.29 is 24.2 Å². The highest BCUT2D eigenvalue weighted by atomic mass is 16.6. The summed E-state index contributed by atoms with van der Waals surface area (Å²) in [4.78, 5) is 25.4. The molecule has 1 unspecified atom stereocenters. The van der Waals surface area contributed by atoms with Crippen molar-refractivity contribution in [3.8, 4) is 16.9 Å². The lowest BCUT2D eigenvalue weighted by Crippen LogP contribution is -2.37. The van der Waals surface area contributed by atoms with Crippen LogP contribution in [-0.2, 0) is 22.7 Å². The van der Waals surface area contributed by atoms with Gasteiger partial charge >= 0.3 is 12.1 Å². The number of fused-ring (bicyclic) bond motifs is 1. The minimum Gasteiger partial charge on any atom is -0.481 e. The lowest BCUT2D eigenvalue weighted by atomic mass is 9.95. The molecular weight excluding hydrogens is 406 g/mol. The summed E-state index contributed by atoms with van der Waals surface area (Å²) in [5, 5.41) is 9.30. The topological polar surface area (TPSA) is 76.1 Å². The van der Waals surface area contributed by atoms with E-state index < -0.39 is 18.0 Å². The van der Waals surface area contributed by atoms with Crippen LogP contribution in [0, 0.1) is 6.92 Å². The molecule has 1 heterocycles. The van der Waals surface area contributed by atoms with Gasteiger partial charge < -0.3 is 14.6 Å². The van der Waals surface area contributed by atoms with Crippen LogP contribution in [-0.4, -0.2) is 28.8 Å². The van der Waals surface area contributed by atoms with Gasteiger partial charge in [0.05, 0.1) is 12.5 Å². The molecule has 4 rings (SSSR count). The zero-order chi connectivity index (χ0) is 22.7. The van der Waals surface area contributed by atoms with Crippen LogP contribution in [0.25, 0.3) is 11.1 Å². The van der Waals surface area contributed by atoms with Gasteiger partial charge in [0.15, 0.2) is 6.73 Å². The number of aliphatic carboxylic acids is 1. The number of carbonyl (C=O) groups excluding carboxylic acids is 1. The predicted octanol–water partition coefficient (Wildman–Crippen LogP) is 5.34. The molecule has 1 atom stereocenters. The second kappa shape index (κ2) is 9.14. The molecule has 164 valence electrons. The summed E-state index contributed by atoms with van der Waals surface area (Å²) in [6.45, 7) is 4.39. The zero-order valence-corrected chi connectivity index (χ0v) is 18.1. The molecule has 1 amide bonds. The van der Waals surface area contributed by atoms with Gasteiger partial charge in [0.2, 0.25) is 0 Å². The molecule has 32 heavy (non-hydrogen) atoms. The molecule has 0 bridgehead atoms. The average molecular weight is 431 g/mol. The molecule has 3 aromatic rings. The number of benzene rings is 3. The van der Waals surface area contributed by atoms with E-state index in [1.165, 1.54) is 4.90 Å². The van der Waals surface area contributed by atoms with E-state index in [0.717, 1.165) is 39.1 Å². The number of hydrogen-bond acceptors (Lipinski definition) is 4. The zero-order valence-electron chi connectivity index (χ0n) is 18.1. The highest BCUT2D eigenvalue weighted by Gasteiger charge is 2.23. The standard InChI is InChI=1S/C26H25NO5/c1-17-6-8-19(9-7-17)15-31-26(30)27-14-23-13-22(10-11-24(23)32-16-27)21-5-3-4-20(12-21)18(2)25(28)29/h3-13,18H,14-16H2,1-2H3,(H,28,29). The summed E-state index contributed by atoms with van der Waals surface area (Å²) in [5.41, 5.74) is 5.54. The Kier molecular flexibility index (Phi) is 6.12. The molecule has 0 saturated carbocycles. The number of carboxylic acids is 1. The number of aryl methyl sites for hydroxylation is 1. The van der Waals surface area contributed by atoms with Crippen molar-refractivity contribution in [2.75, 3.05) is 6.73 Å². The van der Waals surface area contributed by atoms with E-state index in [1.54, 1.807) is 6.92 Å². The summed E-state index contributed by atoms with van der Waals surface area (Å²) >= 11 is 0. The first kappa shape index (κ1) is 21.4. The highest BCUT2D eigenvalue weighted by molar-refractivity contribution is 5.77. The van der Waals surface area contributed by atoms with Crippen molar-refractivity contribution in [2.24, 2.45) is 0 Å². The largest absolute Gasteiger partial charge is 0.481 e. The maximum atomic E-state index is 12.6. The number of rotatable bonds is 5. The minimum absolute atomic E-state index is 0.130. The number of nitrogens with zero attached hydrogens (tertiary/aromatic N) is 1. The summed E-state index contributed by atoms with van der Waals surface area (Å²) in [7, 11) is 0. The van der Waals surface area contributed by atoms with Gasteiger partial charge in [-0.25, -0.2) is 4.79 Å². The Morgan fingerprint density at radius 1 is 1.06 bits per heavy atom. The number of amides is 1. The van der Waals surface area contributed by atoms with Crippen LogP contribution in [0.3, 0.4) is 0 Å². The number of carboxylic acid groups (broad SMARTS) is 1. The first-order chi connectivity index (χ1) is 15.4. The van der Waals surface area contributed by atoms with Crippen LogP contribution in [0.1, 0.15) is 35.1 Å². The number of hydrogen-bond donors (Lipinski definition) is 1. The molecular formula is C26H25NO5. The van der Waals surface area contributed by atoms with Gasteiger partial charge in [-0.05, 0) is 48.2 Å². The highest BCUT2D eigenvalue weighted by Crippen LogP contribution is 2.32. The van der Waals surface area contributed by atoms with Crippen LogP contribution in [0.2, 0.25) is 0 Å². The third-order valence-corrected chi connectivity index (χ3v) is 5.63. The second-order valence-corrected chi connectivity index (χ2v) is 8.02. The molecule has 0 radical (unpaired) electrons. The van der Waals surface area contributed by atoms with E-state index in [2.05, 4.69) is 0 Å². The Bertz CT molecular complexity index is 1140. The van der Waals surface area contributed by atoms with Crippen molar-refractivity contribution in [1.82, 2.24) is 4.90 Å². The van der Waals surface area contributed by atoms with E-state index in [0.29, 0.717) is 6.54 Å². The van der Waals surface area contributed by atoms with E-state index in [-0.39, 0.29) is 13.3 Å². The fraction of sp³-hybridized carbons (Fsp3) is 0.231. The van der Waals surface area contributed by atoms with Gasteiger partial charge in [-0.2, -0.15) is 0 Å². The molecule has 1 aliphatic rings. The molecule has 3 aromatic carbocycles. The summed E-state index contributed by atoms with van der Waals surface area (Å²) in [5.74, 6) is -0.720. The van der Waals surface area contributed by atoms with Crippen molar-refractivity contribution in [1.29, 1.82) is 0 Å². The van der Waals surface area contributed by atoms with E-state index in [4.69, 9.17) is 9.47 Å². The SMILES string of the molecule is Cc1ccc(COC(=O)N2COc3ccc(-c4cccc(C(C)C(=O)O)c4)cc3C2)cc1. The van der Waals surface area contributed by atoms with Gasteiger partial charge in [0, 0.05) is 5.56 Å². The van der Waals surface area contributed by atoms with Crippen molar-refractivity contribution in [3.05, 3.63) is 89.0 Å². The quantitative estimate of drug-likeness (QED) is 0.590. The van der Waals surface area contributed by atoms with Crippen LogP contribution in [0.4, 0.5) is 4.79 Å². The fourth-order valence-electron chi connectivity index (χ4n) is 3.59. The maximum Gasteiger partial charge on any atom is 0.413 e. The van der Waals surface area contributed by atoms with Crippen LogP contribution < -0.4 is 4.74 Å². The van der Waals surface area contributed by atoms with E-state index in [9.17, 15) is 14.7 Å². The van der Waals surface area contributed by atoms with Crippen LogP contribution >= 0.6 is 0 Å². The van der Waals surface area contributed by atoms with Crippen LogP contribution in [0.15, 0.2) is 66.7 Å². The smallest absolute Gasteiger partial charge is 0.413 e.